The van der Waals surface area contributed by atoms with E-state index in [9.17, 15) is 0 Å². The second-order valence-corrected chi connectivity index (χ2v) is 6.42. The maximum atomic E-state index is 5.93. The third-order valence-electron chi connectivity index (χ3n) is 4.15. The van der Waals surface area contributed by atoms with Gasteiger partial charge >= 0.3 is 0 Å². The summed E-state index contributed by atoms with van der Waals surface area (Å²) in [6.07, 6.45) is 3.11. The van der Waals surface area contributed by atoms with E-state index in [4.69, 9.17) is 23.2 Å². The van der Waals surface area contributed by atoms with Crippen LogP contribution < -0.4 is 5.32 Å². The minimum Gasteiger partial charge on any atom is -0.340 e. The standard InChI is InChI=1S/C17H20Cl2N6/c1-12(25(7-5-18)8-6-19)13-3-2-4-14(9-13)24-17-15-16(21-10-20-15)22-11-23-17/h2-4,9-12H,5-8H2,1H3,(H2,20,21,22,23,24)/t12-/m0/s1. The summed E-state index contributed by atoms with van der Waals surface area (Å²) in [6.45, 7) is 3.76. The van der Waals surface area contributed by atoms with Crippen LogP contribution in [0.5, 0.6) is 0 Å². The fraction of sp³-hybridized carbons (Fsp3) is 0.353. The number of hydrogen-bond acceptors (Lipinski definition) is 5. The van der Waals surface area contributed by atoms with E-state index in [1.54, 1.807) is 6.33 Å². The third-order valence-corrected chi connectivity index (χ3v) is 4.48. The molecule has 0 aliphatic rings. The Kier molecular flexibility index (Phi) is 6.07. The van der Waals surface area contributed by atoms with Gasteiger partial charge < -0.3 is 10.3 Å². The minimum absolute atomic E-state index is 0.219. The van der Waals surface area contributed by atoms with E-state index in [1.165, 1.54) is 11.9 Å². The van der Waals surface area contributed by atoms with Crippen molar-refractivity contribution in [2.24, 2.45) is 0 Å². The van der Waals surface area contributed by atoms with Gasteiger partial charge in [0.25, 0.3) is 0 Å². The Hall–Kier alpha value is -1.89. The van der Waals surface area contributed by atoms with Crippen LogP contribution in [0.25, 0.3) is 11.2 Å². The van der Waals surface area contributed by atoms with E-state index in [0.29, 0.717) is 23.2 Å². The summed E-state index contributed by atoms with van der Waals surface area (Å²) in [5.74, 6) is 1.86. The molecular formula is C17H20Cl2N6. The molecule has 0 unspecified atom stereocenters. The lowest BCUT2D eigenvalue weighted by Gasteiger charge is -2.28. The van der Waals surface area contributed by atoms with Gasteiger partial charge in [-0.1, -0.05) is 12.1 Å². The van der Waals surface area contributed by atoms with Gasteiger partial charge in [-0.15, -0.1) is 23.2 Å². The summed E-state index contributed by atoms with van der Waals surface area (Å²) >= 11 is 11.9. The first kappa shape index (κ1) is 17.9. The van der Waals surface area contributed by atoms with Crippen LogP contribution in [0.2, 0.25) is 0 Å². The Labute approximate surface area is 156 Å². The highest BCUT2D eigenvalue weighted by atomic mass is 35.5. The topological polar surface area (TPSA) is 69.7 Å². The average molecular weight is 379 g/mol. The monoisotopic (exact) mass is 378 g/mol. The molecule has 132 valence electrons. The Bertz CT molecular complexity index is 816. The Balaban J connectivity index is 1.82. The SMILES string of the molecule is C[C@@H](c1cccc(Nc2ncnc3nc[nH]c23)c1)N(CCCl)CCCl. The number of aromatic amines is 1. The molecule has 2 heterocycles. The average Bonchev–Trinajstić information content (AvgIpc) is 3.11. The van der Waals surface area contributed by atoms with Gasteiger partial charge in [-0.05, 0) is 24.6 Å². The number of nitrogens with zero attached hydrogens (tertiary/aromatic N) is 4. The Morgan fingerprint density at radius 2 is 1.96 bits per heavy atom. The summed E-state index contributed by atoms with van der Waals surface area (Å²) in [4.78, 5) is 17.9. The number of H-pyrrole nitrogens is 1. The molecular weight excluding hydrogens is 359 g/mol. The maximum Gasteiger partial charge on any atom is 0.182 e. The van der Waals surface area contributed by atoms with Crippen LogP contribution in [-0.2, 0) is 0 Å². The smallest absolute Gasteiger partial charge is 0.182 e. The summed E-state index contributed by atoms with van der Waals surface area (Å²) in [6, 6.07) is 8.48. The first-order valence-corrected chi connectivity index (χ1v) is 9.17. The fourth-order valence-corrected chi connectivity index (χ4v) is 3.23. The summed E-state index contributed by atoms with van der Waals surface area (Å²) < 4.78 is 0. The second-order valence-electron chi connectivity index (χ2n) is 5.66. The second kappa shape index (κ2) is 8.47. The predicted octanol–water partition coefficient (Wildman–Crippen LogP) is 3.94. The number of rotatable bonds is 8. The molecule has 0 amide bonds. The zero-order valence-corrected chi connectivity index (χ0v) is 15.4. The normalized spacial score (nSPS) is 12.6. The number of hydrogen-bond donors (Lipinski definition) is 2. The summed E-state index contributed by atoms with van der Waals surface area (Å²) in [7, 11) is 0. The van der Waals surface area contributed by atoms with Gasteiger partial charge in [0.1, 0.15) is 11.8 Å². The fourth-order valence-electron chi connectivity index (χ4n) is 2.80. The zero-order valence-electron chi connectivity index (χ0n) is 13.9. The van der Waals surface area contributed by atoms with Crippen molar-refractivity contribution in [1.82, 2.24) is 24.8 Å². The largest absolute Gasteiger partial charge is 0.340 e. The number of nitrogens with one attached hydrogen (secondary N) is 2. The lowest BCUT2D eigenvalue weighted by Crippen LogP contribution is -2.30. The highest BCUT2D eigenvalue weighted by Crippen LogP contribution is 2.26. The number of imidazole rings is 1. The number of anilines is 2. The van der Waals surface area contributed by atoms with Crippen molar-refractivity contribution in [2.45, 2.75) is 13.0 Å². The molecule has 2 aromatic heterocycles. The van der Waals surface area contributed by atoms with Crippen LogP contribution in [0.15, 0.2) is 36.9 Å². The number of alkyl halides is 2. The van der Waals surface area contributed by atoms with Gasteiger partial charge in [0.2, 0.25) is 0 Å². The first-order chi connectivity index (χ1) is 12.2. The van der Waals surface area contributed by atoms with Gasteiger partial charge in [-0.2, -0.15) is 0 Å². The van der Waals surface area contributed by atoms with Crippen LogP contribution in [0, 0.1) is 0 Å². The van der Waals surface area contributed by atoms with Gasteiger partial charge in [0, 0.05) is 36.6 Å². The van der Waals surface area contributed by atoms with Gasteiger partial charge in [-0.3, -0.25) is 4.90 Å². The lowest BCUT2D eigenvalue weighted by atomic mass is 10.1. The van der Waals surface area contributed by atoms with Crippen molar-refractivity contribution in [3.63, 3.8) is 0 Å². The molecule has 0 bridgehead atoms. The molecule has 0 saturated carbocycles. The molecule has 1 atom stereocenters. The van der Waals surface area contributed by atoms with Crippen LogP contribution in [0.4, 0.5) is 11.5 Å². The van der Waals surface area contributed by atoms with Crippen LogP contribution in [-0.4, -0.2) is 49.7 Å². The van der Waals surface area contributed by atoms with Gasteiger partial charge in [-0.25, -0.2) is 15.0 Å². The molecule has 3 rings (SSSR count). The van der Waals surface area contributed by atoms with Crippen LogP contribution in [0.3, 0.4) is 0 Å². The summed E-state index contributed by atoms with van der Waals surface area (Å²) in [5, 5.41) is 3.34. The number of fused-ring (bicyclic) bond motifs is 1. The predicted molar refractivity (Wildman–Crippen MR) is 103 cm³/mol. The van der Waals surface area contributed by atoms with Crippen molar-refractivity contribution in [3.8, 4) is 0 Å². The molecule has 0 saturated heterocycles. The van der Waals surface area contributed by atoms with Gasteiger partial charge in [0.05, 0.1) is 6.33 Å². The van der Waals surface area contributed by atoms with E-state index in [-0.39, 0.29) is 6.04 Å². The molecule has 25 heavy (non-hydrogen) atoms. The lowest BCUT2D eigenvalue weighted by molar-refractivity contribution is 0.237. The molecule has 6 nitrogen and oxygen atoms in total. The maximum absolute atomic E-state index is 5.93. The van der Waals surface area contributed by atoms with E-state index in [1.807, 2.05) is 12.1 Å². The molecule has 0 aliphatic carbocycles. The highest BCUT2D eigenvalue weighted by Gasteiger charge is 2.15. The van der Waals surface area contributed by atoms with Crippen molar-refractivity contribution < 1.29 is 0 Å². The van der Waals surface area contributed by atoms with E-state index in [0.717, 1.165) is 24.3 Å². The first-order valence-electron chi connectivity index (χ1n) is 8.10. The van der Waals surface area contributed by atoms with E-state index in [2.05, 4.69) is 49.2 Å². The molecule has 0 aliphatic heterocycles. The van der Waals surface area contributed by atoms with Crippen molar-refractivity contribution in [3.05, 3.63) is 42.5 Å². The molecule has 8 heteroatoms. The van der Waals surface area contributed by atoms with E-state index >= 15 is 0 Å². The summed E-state index contributed by atoms with van der Waals surface area (Å²) in [5.41, 5.74) is 3.56. The molecule has 0 radical (unpaired) electrons. The van der Waals surface area contributed by atoms with Crippen LogP contribution >= 0.6 is 23.2 Å². The number of halogens is 2. The van der Waals surface area contributed by atoms with Crippen molar-refractivity contribution in [1.29, 1.82) is 0 Å². The molecule has 2 N–H and O–H groups in total. The third kappa shape index (κ3) is 4.21. The Morgan fingerprint density at radius 1 is 1.16 bits per heavy atom. The highest BCUT2D eigenvalue weighted by molar-refractivity contribution is 6.18. The quantitative estimate of drug-likeness (QED) is 0.581. The van der Waals surface area contributed by atoms with Crippen molar-refractivity contribution in [2.75, 3.05) is 30.2 Å². The van der Waals surface area contributed by atoms with E-state index < -0.39 is 0 Å². The molecule has 0 spiro atoms. The Morgan fingerprint density at radius 3 is 2.72 bits per heavy atom. The molecule has 3 aromatic rings. The zero-order chi connectivity index (χ0) is 17.6. The number of benzene rings is 1. The van der Waals surface area contributed by atoms with Gasteiger partial charge in [0.15, 0.2) is 11.5 Å². The van der Waals surface area contributed by atoms with Crippen molar-refractivity contribution >= 4 is 45.9 Å². The van der Waals surface area contributed by atoms with Crippen LogP contribution in [0.1, 0.15) is 18.5 Å². The molecule has 1 aromatic carbocycles. The number of aromatic nitrogens is 4. The molecule has 0 fully saturated rings. The minimum atomic E-state index is 0.219.